The van der Waals surface area contributed by atoms with Gasteiger partial charge < -0.3 is 4.74 Å². The van der Waals surface area contributed by atoms with Gasteiger partial charge in [-0.1, -0.05) is 62.6 Å². The van der Waals surface area contributed by atoms with E-state index < -0.39 is 0 Å². The maximum Gasteiger partial charge on any atom is 0.305 e. The van der Waals surface area contributed by atoms with E-state index in [0.717, 1.165) is 25.7 Å². The highest BCUT2D eigenvalue weighted by Gasteiger charge is 1.98. The molecule has 0 N–H and O–H groups in total. The van der Waals surface area contributed by atoms with Crippen LogP contribution in [-0.4, -0.2) is 12.6 Å². The highest BCUT2D eigenvalue weighted by molar-refractivity contribution is 5.69. The molecular formula is C20H34O2. The zero-order chi connectivity index (χ0) is 16.3. The first-order chi connectivity index (χ1) is 10.8. The van der Waals surface area contributed by atoms with E-state index in [1.807, 2.05) is 6.92 Å². The van der Waals surface area contributed by atoms with Crippen molar-refractivity contribution in [2.75, 3.05) is 6.61 Å². The van der Waals surface area contributed by atoms with Crippen LogP contribution in [0.2, 0.25) is 0 Å². The summed E-state index contributed by atoms with van der Waals surface area (Å²) in [6.45, 7) is 4.56. The first kappa shape index (κ1) is 20.7. The van der Waals surface area contributed by atoms with E-state index in [4.69, 9.17) is 4.74 Å². The fourth-order valence-electron chi connectivity index (χ4n) is 2.06. The maximum atomic E-state index is 11.1. The van der Waals surface area contributed by atoms with Gasteiger partial charge in [0.25, 0.3) is 0 Å². The minimum atomic E-state index is -0.0830. The number of rotatable bonds is 14. The molecule has 0 aliphatic carbocycles. The van der Waals surface area contributed by atoms with Gasteiger partial charge in [-0.3, -0.25) is 4.79 Å². The number of carbonyl (C=O) groups is 1. The Morgan fingerprint density at radius 2 is 1.41 bits per heavy atom. The van der Waals surface area contributed by atoms with Crippen LogP contribution < -0.4 is 0 Å². The second-order valence-electron chi connectivity index (χ2n) is 5.45. The van der Waals surface area contributed by atoms with Crippen molar-refractivity contribution in [3.63, 3.8) is 0 Å². The molecule has 0 bridgehead atoms. The molecule has 0 saturated heterocycles. The van der Waals surface area contributed by atoms with E-state index >= 15 is 0 Å². The molecule has 126 valence electrons. The van der Waals surface area contributed by atoms with Crippen molar-refractivity contribution < 1.29 is 9.53 Å². The standard InChI is InChI=1S/C20H34O2/c1-3-5-6-7-8-9-10-11-12-13-14-15-16-17-18-19-20(21)22-4-2/h9-12,15-16H,3-8,13-14,17-19H2,1-2H3/b10-9+,12-11+,16-15-. The second-order valence-corrected chi connectivity index (χ2v) is 5.45. The number of ether oxygens (including phenoxy) is 1. The number of esters is 1. The molecule has 0 fully saturated rings. The topological polar surface area (TPSA) is 26.3 Å². The highest BCUT2D eigenvalue weighted by Crippen LogP contribution is 2.03. The van der Waals surface area contributed by atoms with Crippen LogP contribution in [0.4, 0.5) is 0 Å². The molecule has 0 rings (SSSR count). The van der Waals surface area contributed by atoms with E-state index in [1.54, 1.807) is 0 Å². The molecule has 0 aliphatic rings. The van der Waals surface area contributed by atoms with Crippen molar-refractivity contribution in [3.05, 3.63) is 36.5 Å². The van der Waals surface area contributed by atoms with E-state index in [9.17, 15) is 4.79 Å². The molecule has 0 unspecified atom stereocenters. The Morgan fingerprint density at radius 1 is 0.773 bits per heavy atom. The van der Waals surface area contributed by atoms with Crippen LogP contribution in [-0.2, 0) is 9.53 Å². The predicted octanol–water partition coefficient (Wildman–Crippen LogP) is 6.14. The Hall–Kier alpha value is -1.31. The van der Waals surface area contributed by atoms with E-state index in [1.165, 1.54) is 32.1 Å². The SMILES string of the molecule is CCCCCC/C=C/C=C/CC/C=C\CCCC(=O)OCC. The van der Waals surface area contributed by atoms with Gasteiger partial charge in [0, 0.05) is 6.42 Å². The summed E-state index contributed by atoms with van der Waals surface area (Å²) in [5.74, 6) is -0.0830. The van der Waals surface area contributed by atoms with Crippen LogP contribution in [0.1, 0.15) is 78.1 Å². The first-order valence-corrected chi connectivity index (χ1v) is 8.93. The van der Waals surface area contributed by atoms with Gasteiger partial charge in [0.2, 0.25) is 0 Å². The molecule has 22 heavy (non-hydrogen) atoms. The zero-order valence-electron chi connectivity index (χ0n) is 14.6. The molecule has 0 aromatic heterocycles. The van der Waals surface area contributed by atoms with Gasteiger partial charge in [0.1, 0.15) is 0 Å². The number of unbranched alkanes of at least 4 members (excludes halogenated alkanes) is 6. The van der Waals surface area contributed by atoms with Crippen LogP contribution in [0, 0.1) is 0 Å². The molecule has 0 radical (unpaired) electrons. The lowest BCUT2D eigenvalue weighted by Gasteiger charge is -1.98. The highest BCUT2D eigenvalue weighted by atomic mass is 16.5. The minimum absolute atomic E-state index is 0.0830. The fourth-order valence-corrected chi connectivity index (χ4v) is 2.06. The Bertz CT molecular complexity index is 327. The third-order valence-corrected chi connectivity index (χ3v) is 3.33. The summed E-state index contributed by atoms with van der Waals surface area (Å²) in [6, 6.07) is 0. The molecule has 0 atom stereocenters. The number of hydrogen-bond acceptors (Lipinski definition) is 2. The molecule has 0 heterocycles. The number of hydrogen-bond donors (Lipinski definition) is 0. The molecule has 0 aliphatic heterocycles. The lowest BCUT2D eigenvalue weighted by atomic mass is 10.1. The molecule has 0 amide bonds. The average molecular weight is 306 g/mol. The molecule has 2 heteroatoms. The second kappa shape index (κ2) is 17.7. The molecule has 0 saturated carbocycles. The summed E-state index contributed by atoms with van der Waals surface area (Å²) < 4.78 is 4.88. The van der Waals surface area contributed by atoms with Crippen molar-refractivity contribution in [1.82, 2.24) is 0 Å². The third-order valence-electron chi connectivity index (χ3n) is 3.33. The lowest BCUT2D eigenvalue weighted by molar-refractivity contribution is -0.143. The molecule has 0 aromatic rings. The molecular weight excluding hydrogens is 272 g/mol. The molecule has 0 spiro atoms. The quantitative estimate of drug-likeness (QED) is 0.167. The van der Waals surface area contributed by atoms with Crippen molar-refractivity contribution in [2.24, 2.45) is 0 Å². The van der Waals surface area contributed by atoms with Crippen LogP contribution in [0.3, 0.4) is 0 Å². The zero-order valence-corrected chi connectivity index (χ0v) is 14.6. The van der Waals surface area contributed by atoms with Crippen LogP contribution in [0.15, 0.2) is 36.5 Å². The lowest BCUT2D eigenvalue weighted by Crippen LogP contribution is -2.02. The van der Waals surface area contributed by atoms with Crippen LogP contribution in [0.25, 0.3) is 0 Å². The van der Waals surface area contributed by atoms with Crippen LogP contribution >= 0.6 is 0 Å². The Labute approximate surface area is 137 Å². The third kappa shape index (κ3) is 16.7. The van der Waals surface area contributed by atoms with Crippen molar-refractivity contribution >= 4 is 5.97 Å². The maximum absolute atomic E-state index is 11.1. The first-order valence-electron chi connectivity index (χ1n) is 8.93. The number of allylic oxidation sites excluding steroid dienone is 6. The fraction of sp³-hybridized carbons (Fsp3) is 0.650. The summed E-state index contributed by atoms with van der Waals surface area (Å²) in [5.41, 5.74) is 0. The Morgan fingerprint density at radius 3 is 2.14 bits per heavy atom. The normalized spacial score (nSPS) is 11.9. The average Bonchev–Trinajstić information content (AvgIpc) is 2.51. The van der Waals surface area contributed by atoms with Gasteiger partial charge in [0.15, 0.2) is 0 Å². The van der Waals surface area contributed by atoms with Gasteiger partial charge in [-0.25, -0.2) is 0 Å². The summed E-state index contributed by atoms with van der Waals surface area (Å²) in [7, 11) is 0. The molecule has 2 nitrogen and oxygen atoms in total. The summed E-state index contributed by atoms with van der Waals surface area (Å²) in [6.07, 6.45) is 24.2. The van der Waals surface area contributed by atoms with Gasteiger partial charge in [-0.05, 0) is 45.4 Å². The summed E-state index contributed by atoms with van der Waals surface area (Å²) in [5, 5.41) is 0. The van der Waals surface area contributed by atoms with Gasteiger partial charge in [-0.15, -0.1) is 0 Å². The summed E-state index contributed by atoms with van der Waals surface area (Å²) >= 11 is 0. The van der Waals surface area contributed by atoms with Gasteiger partial charge >= 0.3 is 5.97 Å². The van der Waals surface area contributed by atoms with Crippen molar-refractivity contribution in [2.45, 2.75) is 78.1 Å². The van der Waals surface area contributed by atoms with Gasteiger partial charge in [-0.2, -0.15) is 0 Å². The predicted molar refractivity (Wildman–Crippen MR) is 95.9 cm³/mol. The Balaban J connectivity index is 3.36. The van der Waals surface area contributed by atoms with E-state index in [2.05, 4.69) is 43.4 Å². The Kier molecular flexibility index (Phi) is 16.7. The van der Waals surface area contributed by atoms with Crippen LogP contribution in [0.5, 0.6) is 0 Å². The minimum Gasteiger partial charge on any atom is -0.466 e. The molecule has 0 aromatic carbocycles. The van der Waals surface area contributed by atoms with E-state index in [0.29, 0.717) is 13.0 Å². The van der Waals surface area contributed by atoms with E-state index in [-0.39, 0.29) is 5.97 Å². The smallest absolute Gasteiger partial charge is 0.305 e. The monoisotopic (exact) mass is 306 g/mol. The summed E-state index contributed by atoms with van der Waals surface area (Å²) in [4.78, 5) is 11.1. The van der Waals surface area contributed by atoms with Crippen molar-refractivity contribution in [1.29, 1.82) is 0 Å². The van der Waals surface area contributed by atoms with Crippen molar-refractivity contribution in [3.8, 4) is 0 Å². The number of carbonyl (C=O) groups excluding carboxylic acids is 1. The largest absolute Gasteiger partial charge is 0.466 e. The van der Waals surface area contributed by atoms with Gasteiger partial charge in [0.05, 0.1) is 6.61 Å².